The molecule has 1 fully saturated rings. The first-order chi connectivity index (χ1) is 8.69. The maximum atomic E-state index is 13.0. The molecule has 0 N–H and O–H groups in total. The highest BCUT2D eigenvalue weighted by atomic mass is 19.2. The fraction of sp³-hybridized carbons (Fsp3) is 0.600. The molecular formula is C15H20F2O. The minimum atomic E-state index is -0.845. The highest BCUT2D eigenvalue weighted by molar-refractivity contribution is 5.23. The van der Waals surface area contributed by atoms with E-state index in [2.05, 4.69) is 6.92 Å². The van der Waals surface area contributed by atoms with Crippen molar-refractivity contribution < 1.29 is 13.5 Å². The third-order valence-electron chi connectivity index (χ3n) is 3.92. The molecule has 0 amide bonds. The van der Waals surface area contributed by atoms with E-state index in [0.29, 0.717) is 18.3 Å². The molecule has 1 aromatic rings. The third-order valence-corrected chi connectivity index (χ3v) is 3.92. The molecule has 2 rings (SSSR count). The quantitative estimate of drug-likeness (QED) is 0.765. The summed E-state index contributed by atoms with van der Waals surface area (Å²) in [4.78, 5) is 0. The van der Waals surface area contributed by atoms with Crippen LogP contribution in [0, 0.1) is 23.5 Å². The Balaban J connectivity index is 1.79. The summed E-state index contributed by atoms with van der Waals surface area (Å²) < 4.78 is 31.3. The topological polar surface area (TPSA) is 9.23 Å². The average molecular weight is 254 g/mol. The smallest absolute Gasteiger partial charge is 0.162 e. The van der Waals surface area contributed by atoms with Gasteiger partial charge in [-0.15, -0.1) is 0 Å². The Kier molecular flexibility index (Phi) is 4.56. The van der Waals surface area contributed by atoms with Crippen molar-refractivity contribution in [2.24, 2.45) is 11.8 Å². The van der Waals surface area contributed by atoms with E-state index in [1.54, 1.807) is 0 Å². The van der Waals surface area contributed by atoms with Gasteiger partial charge in [-0.2, -0.15) is 0 Å². The summed E-state index contributed by atoms with van der Waals surface area (Å²) in [5.41, 5.74) is 0. The van der Waals surface area contributed by atoms with E-state index < -0.39 is 11.6 Å². The van der Waals surface area contributed by atoms with Crippen LogP contribution in [0.5, 0.6) is 5.75 Å². The summed E-state index contributed by atoms with van der Waals surface area (Å²) in [5, 5.41) is 0. The number of ether oxygens (including phenoxy) is 1. The lowest BCUT2D eigenvalue weighted by molar-refractivity contribution is 0.180. The number of hydrogen-bond donors (Lipinski definition) is 0. The third kappa shape index (κ3) is 3.44. The van der Waals surface area contributed by atoms with E-state index in [4.69, 9.17) is 4.74 Å². The van der Waals surface area contributed by atoms with Crippen molar-refractivity contribution in [3.63, 3.8) is 0 Å². The van der Waals surface area contributed by atoms with Gasteiger partial charge in [-0.05, 0) is 36.8 Å². The lowest BCUT2D eigenvalue weighted by Gasteiger charge is -2.27. The van der Waals surface area contributed by atoms with Crippen LogP contribution in [0.1, 0.15) is 39.0 Å². The largest absolute Gasteiger partial charge is 0.493 e. The standard InChI is InChI=1S/C15H20F2O/c1-2-11-3-5-12(6-4-11)10-18-13-7-8-14(16)15(17)9-13/h7-9,11-12H,2-6,10H2,1H3. The first kappa shape index (κ1) is 13.3. The van der Waals surface area contributed by atoms with E-state index in [0.717, 1.165) is 18.1 Å². The zero-order valence-electron chi connectivity index (χ0n) is 10.8. The molecule has 1 nitrogen and oxygen atoms in total. The maximum absolute atomic E-state index is 13.0. The van der Waals surface area contributed by atoms with Gasteiger partial charge in [0.05, 0.1) is 6.61 Å². The minimum absolute atomic E-state index is 0.423. The Bertz CT molecular complexity index is 384. The highest BCUT2D eigenvalue weighted by Gasteiger charge is 2.20. The molecule has 3 heteroatoms. The molecule has 1 aliphatic rings. The Morgan fingerprint density at radius 2 is 1.72 bits per heavy atom. The molecule has 0 spiro atoms. The number of benzene rings is 1. The zero-order valence-corrected chi connectivity index (χ0v) is 10.8. The molecule has 1 aliphatic carbocycles. The number of halogens is 2. The van der Waals surface area contributed by atoms with E-state index >= 15 is 0 Å². The first-order valence-electron chi connectivity index (χ1n) is 6.77. The minimum Gasteiger partial charge on any atom is -0.493 e. The van der Waals surface area contributed by atoms with Crippen molar-refractivity contribution in [2.75, 3.05) is 6.61 Å². The molecule has 0 unspecified atom stereocenters. The second-order valence-electron chi connectivity index (χ2n) is 5.18. The average Bonchev–Trinajstić information content (AvgIpc) is 2.41. The van der Waals surface area contributed by atoms with Gasteiger partial charge < -0.3 is 4.74 Å². The molecular weight excluding hydrogens is 234 g/mol. The Labute approximate surface area is 107 Å². The van der Waals surface area contributed by atoms with Crippen LogP contribution in [-0.4, -0.2) is 6.61 Å². The summed E-state index contributed by atoms with van der Waals surface area (Å²) >= 11 is 0. The predicted molar refractivity (Wildman–Crippen MR) is 67.6 cm³/mol. The van der Waals surface area contributed by atoms with Crippen LogP contribution in [-0.2, 0) is 0 Å². The van der Waals surface area contributed by atoms with Crippen LogP contribution >= 0.6 is 0 Å². The van der Waals surface area contributed by atoms with Gasteiger partial charge in [0.15, 0.2) is 11.6 Å². The van der Waals surface area contributed by atoms with Crippen LogP contribution in [0.2, 0.25) is 0 Å². The molecule has 1 saturated carbocycles. The van der Waals surface area contributed by atoms with Gasteiger partial charge in [0.2, 0.25) is 0 Å². The molecule has 0 atom stereocenters. The monoisotopic (exact) mass is 254 g/mol. The van der Waals surface area contributed by atoms with Crippen LogP contribution in [0.15, 0.2) is 18.2 Å². The van der Waals surface area contributed by atoms with Gasteiger partial charge in [-0.3, -0.25) is 0 Å². The fourth-order valence-corrected chi connectivity index (χ4v) is 2.59. The van der Waals surface area contributed by atoms with Crippen LogP contribution in [0.25, 0.3) is 0 Å². The number of rotatable bonds is 4. The van der Waals surface area contributed by atoms with E-state index in [9.17, 15) is 8.78 Å². The highest BCUT2D eigenvalue weighted by Crippen LogP contribution is 2.31. The van der Waals surface area contributed by atoms with E-state index in [1.807, 2.05) is 0 Å². The van der Waals surface area contributed by atoms with Gasteiger partial charge in [0.25, 0.3) is 0 Å². The molecule has 0 saturated heterocycles. The molecule has 0 heterocycles. The molecule has 0 bridgehead atoms. The molecule has 1 aromatic carbocycles. The van der Waals surface area contributed by atoms with Crippen molar-refractivity contribution in [3.8, 4) is 5.75 Å². The van der Waals surface area contributed by atoms with Crippen molar-refractivity contribution >= 4 is 0 Å². The molecule has 18 heavy (non-hydrogen) atoms. The van der Waals surface area contributed by atoms with Crippen molar-refractivity contribution in [1.29, 1.82) is 0 Å². The predicted octanol–water partition coefficient (Wildman–Crippen LogP) is 4.56. The summed E-state index contributed by atoms with van der Waals surface area (Å²) in [6.07, 6.45) is 6.16. The van der Waals surface area contributed by atoms with Crippen LogP contribution < -0.4 is 4.74 Å². The fourth-order valence-electron chi connectivity index (χ4n) is 2.59. The lowest BCUT2D eigenvalue weighted by atomic mass is 9.81. The summed E-state index contributed by atoms with van der Waals surface area (Å²) in [7, 11) is 0. The van der Waals surface area contributed by atoms with Gasteiger partial charge >= 0.3 is 0 Å². The molecule has 0 radical (unpaired) electrons. The molecule has 0 aromatic heterocycles. The van der Waals surface area contributed by atoms with Crippen molar-refractivity contribution in [1.82, 2.24) is 0 Å². The van der Waals surface area contributed by atoms with Gasteiger partial charge in [-0.1, -0.05) is 26.2 Å². The second kappa shape index (κ2) is 6.17. The molecule has 0 aliphatic heterocycles. The lowest BCUT2D eigenvalue weighted by Crippen LogP contribution is -2.19. The first-order valence-corrected chi connectivity index (χ1v) is 6.77. The Hall–Kier alpha value is -1.12. The summed E-state index contributed by atoms with van der Waals surface area (Å²) in [6, 6.07) is 3.71. The maximum Gasteiger partial charge on any atom is 0.162 e. The van der Waals surface area contributed by atoms with E-state index in [-0.39, 0.29) is 0 Å². The van der Waals surface area contributed by atoms with Gasteiger partial charge in [0, 0.05) is 6.07 Å². The summed E-state index contributed by atoms with van der Waals surface area (Å²) in [5.74, 6) is 0.171. The Morgan fingerprint density at radius 3 is 2.33 bits per heavy atom. The SMILES string of the molecule is CCC1CCC(COc2ccc(F)c(F)c2)CC1. The normalized spacial score (nSPS) is 23.9. The van der Waals surface area contributed by atoms with Gasteiger partial charge in [-0.25, -0.2) is 8.78 Å². The van der Waals surface area contributed by atoms with E-state index in [1.165, 1.54) is 38.2 Å². The summed E-state index contributed by atoms with van der Waals surface area (Å²) in [6.45, 7) is 2.85. The van der Waals surface area contributed by atoms with Crippen LogP contribution in [0.3, 0.4) is 0 Å². The van der Waals surface area contributed by atoms with Crippen molar-refractivity contribution in [2.45, 2.75) is 39.0 Å². The van der Waals surface area contributed by atoms with Crippen LogP contribution in [0.4, 0.5) is 8.78 Å². The van der Waals surface area contributed by atoms with Gasteiger partial charge in [0.1, 0.15) is 5.75 Å². The molecule has 100 valence electrons. The van der Waals surface area contributed by atoms with Crippen molar-refractivity contribution in [3.05, 3.63) is 29.8 Å². The number of hydrogen-bond acceptors (Lipinski definition) is 1. The zero-order chi connectivity index (χ0) is 13.0. The second-order valence-corrected chi connectivity index (χ2v) is 5.18. The Morgan fingerprint density at radius 1 is 1.06 bits per heavy atom.